The van der Waals surface area contributed by atoms with E-state index >= 15 is 0 Å². The molecule has 0 atom stereocenters. The number of carbonyl (C=O) groups is 2. The largest absolute Gasteiger partial charge is 0.478 e. The van der Waals surface area contributed by atoms with E-state index in [9.17, 15) is 19.8 Å². The van der Waals surface area contributed by atoms with Gasteiger partial charge in [0.2, 0.25) is 0 Å². The van der Waals surface area contributed by atoms with E-state index in [1.807, 2.05) is 24.3 Å². The van der Waals surface area contributed by atoms with Crippen LogP contribution in [0.15, 0.2) is 60.7 Å². The number of carboxylic acid groups (broad SMARTS) is 2. The van der Waals surface area contributed by atoms with Gasteiger partial charge in [-0.2, -0.15) is 0 Å². The molecule has 0 saturated heterocycles. The van der Waals surface area contributed by atoms with Crippen molar-refractivity contribution in [2.75, 3.05) is 0 Å². The Labute approximate surface area is 183 Å². The smallest absolute Gasteiger partial charge is 0.336 e. The monoisotopic (exact) mass is 416 g/mol. The summed E-state index contributed by atoms with van der Waals surface area (Å²) in [5, 5.41) is 19.8. The highest BCUT2D eigenvalue weighted by Crippen LogP contribution is 2.43. The zero-order chi connectivity index (χ0) is 22.7. The molecular formula is C27H28O4. The van der Waals surface area contributed by atoms with Crippen molar-refractivity contribution >= 4 is 11.9 Å². The Hall–Kier alpha value is -3.40. The number of hydrogen-bond donors (Lipinski definition) is 2. The van der Waals surface area contributed by atoms with Gasteiger partial charge in [0.25, 0.3) is 0 Å². The molecule has 0 amide bonds. The van der Waals surface area contributed by atoms with Gasteiger partial charge in [-0.15, -0.1) is 0 Å². The summed E-state index contributed by atoms with van der Waals surface area (Å²) < 4.78 is 0. The molecule has 0 saturated carbocycles. The second-order valence-corrected chi connectivity index (χ2v) is 8.52. The molecule has 0 spiro atoms. The first kappa shape index (κ1) is 22.3. The Morgan fingerprint density at radius 3 is 1.65 bits per heavy atom. The first-order valence-electron chi connectivity index (χ1n) is 10.5. The number of carboxylic acids is 2. The van der Waals surface area contributed by atoms with Crippen LogP contribution in [0, 0.1) is 5.92 Å². The van der Waals surface area contributed by atoms with E-state index in [2.05, 4.69) is 39.8 Å². The average Bonchev–Trinajstić information content (AvgIpc) is 2.72. The number of benzene rings is 3. The molecule has 0 aliphatic rings. The van der Waals surface area contributed by atoms with Crippen molar-refractivity contribution in [3.05, 3.63) is 82.9 Å². The van der Waals surface area contributed by atoms with E-state index in [0.717, 1.165) is 28.7 Å². The first-order valence-corrected chi connectivity index (χ1v) is 10.5. The third-order valence-electron chi connectivity index (χ3n) is 5.43. The summed E-state index contributed by atoms with van der Waals surface area (Å²) >= 11 is 0. The van der Waals surface area contributed by atoms with Gasteiger partial charge in [-0.05, 0) is 63.8 Å². The summed E-state index contributed by atoms with van der Waals surface area (Å²) in [4.78, 5) is 24.1. The van der Waals surface area contributed by atoms with Crippen LogP contribution in [0.25, 0.3) is 22.3 Å². The maximum Gasteiger partial charge on any atom is 0.336 e. The molecule has 3 aromatic carbocycles. The molecule has 0 aliphatic heterocycles. The normalized spacial score (nSPS) is 11.2. The Kier molecular flexibility index (Phi) is 6.59. The molecule has 2 N–H and O–H groups in total. The summed E-state index contributed by atoms with van der Waals surface area (Å²) in [6, 6.07) is 18.0. The van der Waals surface area contributed by atoms with Crippen molar-refractivity contribution in [3.8, 4) is 22.3 Å². The van der Waals surface area contributed by atoms with Crippen LogP contribution < -0.4 is 0 Å². The van der Waals surface area contributed by atoms with E-state index in [0.29, 0.717) is 17.0 Å². The molecule has 0 heterocycles. The van der Waals surface area contributed by atoms with Crippen molar-refractivity contribution in [1.82, 2.24) is 0 Å². The van der Waals surface area contributed by atoms with Gasteiger partial charge in [-0.3, -0.25) is 0 Å². The van der Waals surface area contributed by atoms with E-state index in [4.69, 9.17) is 0 Å². The van der Waals surface area contributed by atoms with Crippen molar-refractivity contribution < 1.29 is 19.8 Å². The predicted molar refractivity (Wildman–Crippen MR) is 124 cm³/mol. The maximum atomic E-state index is 12.1. The third kappa shape index (κ3) is 4.53. The Bertz CT molecular complexity index is 1130. The fraction of sp³-hybridized carbons (Fsp3) is 0.259. The van der Waals surface area contributed by atoms with Gasteiger partial charge >= 0.3 is 11.9 Å². The van der Waals surface area contributed by atoms with Crippen LogP contribution in [0.1, 0.15) is 65.5 Å². The van der Waals surface area contributed by atoms with Crippen LogP contribution in [-0.4, -0.2) is 22.2 Å². The highest BCUT2D eigenvalue weighted by molar-refractivity contribution is 6.04. The lowest BCUT2D eigenvalue weighted by Gasteiger charge is -2.24. The summed E-state index contributed by atoms with van der Waals surface area (Å²) in [7, 11) is 0. The molecular weight excluding hydrogens is 388 g/mol. The van der Waals surface area contributed by atoms with Crippen LogP contribution in [0.5, 0.6) is 0 Å². The Morgan fingerprint density at radius 2 is 1.19 bits per heavy atom. The summed E-state index contributed by atoms with van der Waals surface area (Å²) in [5.41, 5.74) is 5.27. The Balaban J connectivity index is 2.53. The van der Waals surface area contributed by atoms with Crippen LogP contribution in [0.2, 0.25) is 0 Å². The third-order valence-corrected chi connectivity index (χ3v) is 5.43. The molecule has 0 unspecified atom stereocenters. The molecule has 3 aromatic rings. The molecule has 3 rings (SSSR count). The Morgan fingerprint density at radius 1 is 0.710 bits per heavy atom. The summed E-state index contributed by atoms with van der Waals surface area (Å²) in [6.45, 7) is 8.37. The van der Waals surface area contributed by atoms with Gasteiger partial charge in [-0.25, -0.2) is 9.59 Å². The standard InChI is InChI=1S/C27H28O4/c1-16(2)15-18-13-14-19(17(3)4)25(21-10-6-8-12-23(21)27(30)31)24(18)20-9-5-7-11-22(20)26(28)29/h5-14,16-17H,15H2,1-4H3,(H,28,29)(H,30,31). The fourth-order valence-corrected chi connectivity index (χ4v) is 4.13. The molecule has 0 radical (unpaired) electrons. The molecule has 0 bridgehead atoms. The fourth-order valence-electron chi connectivity index (χ4n) is 4.13. The molecule has 160 valence electrons. The highest BCUT2D eigenvalue weighted by atomic mass is 16.4. The van der Waals surface area contributed by atoms with Gasteiger partial charge in [0, 0.05) is 0 Å². The second-order valence-electron chi connectivity index (χ2n) is 8.52. The van der Waals surface area contributed by atoms with Gasteiger partial charge < -0.3 is 10.2 Å². The first-order chi connectivity index (χ1) is 14.7. The van der Waals surface area contributed by atoms with E-state index in [1.54, 1.807) is 24.3 Å². The van der Waals surface area contributed by atoms with Gasteiger partial charge in [0.05, 0.1) is 11.1 Å². The van der Waals surface area contributed by atoms with E-state index < -0.39 is 11.9 Å². The van der Waals surface area contributed by atoms with Crippen molar-refractivity contribution in [2.45, 2.75) is 40.0 Å². The lowest BCUT2D eigenvalue weighted by molar-refractivity contribution is 0.0686. The van der Waals surface area contributed by atoms with Crippen LogP contribution >= 0.6 is 0 Å². The lowest BCUT2D eigenvalue weighted by Crippen LogP contribution is -2.08. The number of aromatic carboxylic acids is 2. The lowest BCUT2D eigenvalue weighted by atomic mass is 9.79. The molecule has 4 heteroatoms. The minimum absolute atomic E-state index is 0.126. The van der Waals surface area contributed by atoms with Crippen LogP contribution in [0.4, 0.5) is 0 Å². The second kappa shape index (κ2) is 9.17. The van der Waals surface area contributed by atoms with Gasteiger partial charge in [0.15, 0.2) is 0 Å². The minimum Gasteiger partial charge on any atom is -0.478 e. The molecule has 0 aromatic heterocycles. The topological polar surface area (TPSA) is 74.6 Å². The summed E-state index contributed by atoms with van der Waals surface area (Å²) in [6.07, 6.45) is 0.754. The van der Waals surface area contributed by atoms with Gasteiger partial charge in [0.1, 0.15) is 0 Å². The van der Waals surface area contributed by atoms with Crippen LogP contribution in [0.3, 0.4) is 0 Å². The van der Waals surface area contributed by atoms with E-state index in [-0.39, 0.29) is 17.0 Å². The summed E-state index contributed by atoms with van der Waals surface area (Å²) in [5.74, 6) is -1.53. The van der Waals surface area contributed by atoms with Crippen molar-refractivity contribution in [3.63, 3.8) is 0 Å². The molecule has 0 fully saturated rings. The van der Waals surface area contributed by atoms with Crippen molar-refractivity contribution in [2.24, 2.45) is 5.92 Å². The SMILES string of the molecule is CC(C)Cc1ccc(C(C)C)c(-c2ccccc2C(=O)O)c1-c1ccccc1C(=O)O. The molecule has 4 nitrogen and oxygen atoms in total. The number of rotatable bonds is 7. The van der Waals surface area contributed by atoms with Crippen LogP contribution in [-0.2, 0) is 6.42 Å². The zero-order valence-corrected chi connectivity index (χ0v) is 18.3. The van der Waals surface area contributed by atoms with E-state index in [1.165, 1.54) is 0 Å². The maximum absolute atomic E-state index is 12.1. The minimum atomic E-state index is -1.00. The number of hydrogen-bond acceptors (Lipinski definition) is 2. The zero-order valence-electron chi connectivity index (χ0n) is 18.3. The quantitative estimate of drug-likeness (QED) is 0.447. The van der Waals surface area contributed by atoms with Crippen molar-refractivity contribution in [1.29, 1.82) is 0 Å². The highest BCUT2D eigenvalue weighted by Gasteiger charge is 2.25. The average molecular weight is 417 g/mol. The predicted octanol–water partition coefficient (Wildman–Crippen LogP) is 6.74. The molecule has 31 heavy (non-hydrogen) atoms. The molecule has 0 aliphatic carbocycles. The van der Waals surface area contributed by atoms with Gasteiger partial charge in [-0.1, -0.05) is 76.2 Å².